The van der Waals surface area contributed by atoms with Gasteiger partial charge < -0.3 is 4.74 Å². The van der Waals surface area contributed by atoms with Crippen LogP contribution < -0.4 is 0 Å². The summed E-state index contributed by atoms with van der Waals surface area (Å²) in [7, 11) is -1.40. The summed E-state index contributed by atoms with van der Waals surface area (Å²) in [5.41, 5.74) is 11.2. The summed E-state index contributed by atoms with van der Waals surface area (Å²) in [6.45, 7) is 7.44. The molecule has 0 bridgehead atoms. The molecule has 1 saturated carbocycles. The van der Waals surface area contributed by atoms with E-state index in [2.05, 4.69) is 103 Å². The SMILES string of the molecule is C[Si](C)(C)C#CC=Cc1ccc(C(=C(c2ccccc2)C2CCC2)c2ccc3c(c2)c(F)nn3C2CCCCO2)cc1. The molecule has 4 aromatic rings. The second-order valence-electron chi connectivity index (χ2n) is 12.5. The van der Waals surface area contributed by atoms with Crippen molar-refractivity contribution in [3.05, 3.63) is 107 Å². The fraction of sp³-hybridized carbons (Fsp3) is 0.324. The number of allylic oxidation sites excluding steroid dienone is 2. The van der Waals surface area contributed by atoms with Crippen molar-refractivity contribution >= 4 is 36.2 Å². The molecule has 1 aliphatic carbocycles. The molecule has 0 amide bonds. The molecule has 2 heterocycles. The van der Waals surface area contributed by atoms with E-state index in [9.17, 15) is 0 Å². The van der Waals surface area contributed by atoms with E-state index in [0.29, 0.717) is 17.9 Å². The summed E-state index contributed by atoms with van der Waals surface area (Å²) < 4.78 is 23.1. The minimum Gasteiger partial charge on any atom is -0.356 e. The highest BCUT2D eigenvalue weighted by atomic mass is 28.3. The fourth-order valence-corrected chi connectivity index (χ4v) is 6.44. The minimum atomic E-state index is -1.40. The quantitative estimate of drug-likeness (QED) is 0.130. The first-order chi connectivity index (χ1) is 20.4. The molecule has 6 rings (SSSR count). The van der Waals surface area contributed by atoms with Gasteiger partial charge in [0, 0.05) is 6.61 Å². The molecule has 3 aromatic carbocycles. The topological polar surface area (TPSA) is 27.1 Å². The Balaban J connectivity index is 1.46. The van der Waals surface area contributed by atoms with Crippen LogP contribution in [-0.4, -0.2) is 24.5 Å². The molecule has 3 nitrogen and oxygen atoms in total. The van der Waals surface area contributed by atoms with Gasteiger partial charge in [-0.15, -0.1) is 10.6 Å². The van der Waals surface area contributed by atoms with Crippen molar-refractivity contribution in [1.29, 1.82) is 0 Å². The van der Waals surface area contributed by atoms with Crippen LogP contribution in [0, 0.1) is 23.3 Å². The Morgan fingerprint density at radius 2 is 1.67 bits per heavy atom. The van der Waals surface area contributed by atoms with Crippen molar-refractivity contribution in [1.82, 2.24) is 9.78 Å². The van der Waals surface area contributed by atoms with Crippen LogP contribution in [-0.2, 0) is 4.74 Å². The zero-order valence-electron chi connectivity index (χ0n) is 24.9. The second kappa shape index (κ2) is 12.3. The van der Waals surface area contributed by atoms with Gasteiger partial charge in [0.1, 0.15) is 8.07 Å². The van der Waals surface area contributed by atoms with Gasteiger partial charge in [0.2, 0.25) is 5.95 Å². The zero-order valence-corrected chi connectivity index (χ0v) is 25.9. The lowest BCUT2D eigenvalue weighted by molar-refractivity contribution is -0.0375. The maximum Gasteiger partial charge on any atom is 0.240 e. The van der Waals surface area contributed by atoms with Crippen LogP contribution in [0.15, 0.2) is 78.9 Å². The molecule has 1 saturated heterocycles. The summed E-state index contributed by atoms with van der Waals surface area (Å²) in [6, 6.07) is 25.6. The number of benzene rings is 3. The monoisotopic (exact) mass is 574 g/mol. The Morgan fingerprint density at radius 1 is 0.905 bits per heavy atom. The molecule has 0 N–H and O–H groups in total. The van der Waals surface area contributed by atoms with E-state index in [-0.39, 0.29) is 6.23 Å². The van der Waals surface area contributed by atoms with Crippen LogP contribution in [0.4, 0.5) is 4.39 Å². The highest BCUT2D eigenvalue weighted by Gasteiger charge is 2.28. The number of fused-ring (bicyclic) bond motifs is 1. The van der Waals surface area contributed by atoms with Gasteiger partial charge in [-0.2, -0.15) is 4.39 Å². The van der Waals surface area contributed by atoms with Gasteiger partial charge in [0.25, 0.3) is 0 Å². The second-order valence-corrected chi connectivity index (χ2v) is 17.3. The maximum atomic E-state index is 15.4. The van der Waals surface area contributed by atoms with Crippen LogP contribution in [0.1, 0.15) is 67.0 Å². The summed E-state index contributed by atoms with van der Waals surface area (Å²) >= 11 is 0. The van der Waals surface area contributed by atoms with Crippen LogP contribution in [0.5, 0.6) is 0 Å². The largest absolute Gasteiger partial charge is 0.356 e. The molecule has 0 spiro atoms. The summed E-state index contributed by atoms with van der Waals surface area (Å²) in [5.74, 6) is 3.25. The summed E-state index contributed by atoms with van der Waals surface area (Å²) in [5, 5.41) is 4.85. The zero-order chi connectivity index (χ0) is 29.1. The molecular weight excluding hydrogens is 536 g/mol. The van der Waals surface area contributed by atoms with E-state index >= 15 is 4.39 Å². The molecular formula is C37H39FN2OSi. The third-order valence-corrected chi connectivity index (χ3v) is 9.15. The first kappa shape index (κ1) is 28.4. The molecule has 1 unspecified atom stereocenters. The normalized spacial score (nSPS) is 18.4. The first-order valence-corrected chi connectivity index (χ1v) is 18.8. The fourth-order valence-electron chi connectivity index (χ4n) is 5.93. The molecule has 1 aliphatic heterocycles. The van der Waals surface area contributed by atoms with Crippen molar-refractivity contribution in [2.24, 2.45) is 5.92 Å². The van der Waals surface area contributed by atoms with Crippen molar-refractivity contribution in [3.63, 3.8) is 0 Å². The van der Waals surface area contributed by atoms with E-state index in [1.54, 1.807) is 4.68 Å². The smallest absolute Gasteiger partial charge is 0.240 e. The lowest BCUT2D eigenvalue weighted by Gasteiger charge is -2.31. The highest BCUT2D eigenvalue weighted by molar-refractivity contribution is 6.83. The van der Waals surface area contributed by atoms with Gasteiger partial charge in [-0.05, 0) is 95.7 Å². The number of halogens is 1. The van der Waals surface area contributed by atoms with Gasteiger partial charge in [-0.1, -0.05) is 92.6 Å². The summed E-state index contributed by atoms with van der Waals surface area (Å²) in [4.78, 5) is 0. The van der Waals surface area contributed by atoms with Crippen molar-refractivity contribution in [2.45, 2.75) is 64.4 Å². The lowest BCUT2D eigenvalue weighted by atomic mass is 9.73. The van der Waals surface area contributed by atoms with E-state index in [4.69, 9.17) is 4.74 Å². The van der Waals surface area contributed by atoms with E-state index < -0.39 is 14.0 Å². The standard InChI is InChI=1S/C37H39FN2OSi/c1-42(2,3)25-10-8-12-27-18-20-30(21-19-27)36(35(29-15-11-16-29)28-13-5-4-6-14-28)31-22-23-33-32(26-31)37(38)39-40(33)34-17-7-9-24-41-34/h4-6,8,12-14,18-23,26,29,34H,7,9,11,15-17,24H2,1-3H3. The molecule has 5 heteroatoms. The Bertz CT molecular complexity index is 1670. The van der Waals surface area contributed by atoms with Crippen LogP contribution in [0.2, 0.25) is 19.6 Å². The van der Waals surface area contributed by atoms with Gasteiger partial charge in [0.15, 0.2) is 6.23 Å². The molecule has 42 heavy (non-hydrogen) atoms. The molecule has 2 aliphatic rings. The lowest BCUT2D eigenvalue weighted by Crippen LogP contribution is -2.19. The maximum absolute atomic E-state index is 15.4. The predicted octanol–water partition coefficient (Wildman–Crippen LogP) is 9.53. The first-order valence-electron chi connectivity index (χ1n) is 15.3. The number of nitrogens with zero attached hydrogens (tertiary/aromatic N) is 2. The van der Waals surface area contributed by atoms with Crippen molar-refractivity contribution < 1.29 is 9.13 Å². The van der Waals surface area contributed by atoms with Gasteiger partial charge in [-0.25, -0.2) is 4.68 Å². The Hall–Kier alpha value is -3.72. The van der Waals surface area contributed by atoms with Crippen LogP contribution >= 0.6 is 0 Å². The number of aromatic nitrogens is 2. The third kappa shape index (κ3) is 6.21. The molecule has 2 fully saturated rings. The van der Waals surface area contributed by atoms with Gasteiger partial charge in [-0.3, -0.25) is 0 Å². The van der Waals surface area contributed by atoms with Crippen LogP contribution in [0.25, 0.3) is 28.1 Å². The molecule has 1 atom stereocenters. The highest BCUT2D eigenvalue weighted by Crippen LogP contribution is 2.45. The van der Waals surface area contributed by atoms with E-state index in [1.807, 2.05) is 18.2 Å². The summed E-state index contributed by atoms with van der Waals surface area (Å²) in [6.07, 6.45) is 10.3. The van der Waals surface area contributed by atoms with E-state index in [0.717, 1.165) is 54.3 Å². The number of ether oxygens (including phenoxy) is 1. The van der Waals surface area contributed by atoms with Crippen LogP contribution in [0.3, 0.4) is 0 Å². The average Bonchev–Trinajstić information content (AvgIpc) is 3.31. The van der Waals surface area contributed by atoms with Gasteiger partial charge in [0.05, 0.1) is 10.9 Å². The Kier molecular flexibility index (Phi) is 8.28. The number of hydrogen-bond acceptors (Lipinski definition) is 2. The Labute approximate surface area is 250 Å². The van der Waals surface area contributed by atoms with Crippen molar-refractivity contribution in [2.75, 3.05) is 6.61 Å². The molecule has 0 radical (unpaired) electrons. The molecule has 214 valence electrons. The van der Waals surface area contributed by atoms with Crippen molar-refractivity contribution in [3.8, 4) is 11.5 Å². The predicted molar refractivity (Wildman–Crippen MR) is 175 cm³/mol. The number of hydrogen-bond donors (Lipinski definition) is 0. The third-order valence-electron chi connectivity index (χ3n) is 8.25. The Morgan fingerprint density at radius 3 is 2.33 bits per heavy atom. The minimum absolute atomic E-state index is 0.211. The molecule has 1 aromatic heterocycles. The average molecular weight is 575 g/mol. The van der Waals surface area contributed by atoms with Gasteiger partial charge >= 0.3 is 0 Å². The number of rotatable bonds is 6. The van der Waals surface area contributed by atoms with E-state index in [1.165, 1.54) is 23.1 Å².